The van der Waals surface area contributed by atoms with Gasteiger partial charge in [-0.3, -0.25) is 9.69 Å². The Morgan fingerprint density at radius 3 is 2.84 bits per heavy atom. The summed E-state index contributed by atoms with van der Waals surface area (Å²) in [5.74, 6) is -0.0277. The molecule has 0 saturated carbocycles. The zero-order valence-electron chi connectivity index (χ0n) is 14.4. The number of nitrogens with one attached hydrogen (secondary N) is 1. The molecule has 1 aliphatic heterocycles. The number of aliphatic hydroxyl groups is 1. The Bertz CT molecular complexity index is 691. The van der Waals surface area contributed by atoms with Crippen molar-refractivity contribution in [1.82, 2.24) is 14.8 Å². The number of anilines is 1. The first-order valence-corrected chi connectivity index (χ1v) is 9.40. The van der Waals surface area contributed by atoms with Gasteiger partial charge in [-0.15, -0.1) is 11.3 Å². The summed E-state index contributed by atoms with van der Waals surface area (Å²) in [6, 6.07) is 10.5. The molecule has 25 heavy (non-hydrogen) atoms. The zero-order chi connectivity index (χ0) is 17.6. The lowest BCUT2D eigenvalue weighted by Gasteiger charge is -2.41. The first kappa shape index (κ1) is 17.8. The van der Waals surface area contributed by atoms with Crippen LogP contribution >= 0.6 is 11.3 Å². The van der Waals surface area contributed by atoms with Gasteiger partial charge in [-0.05, 0) is 12.0 Å². The van der Waals surface area contributed by atoms with Crippen LogP contribution in [0.3, 0.4) is 0 Å². The molecule has 1 saturated heterocycles. The molecule has 1 amide bonds. The minimum Gasteiger partial charge on any atom is -0.396 e. The zero-order valence-corrected chi connectivity index (χ0v) is 15.2. The highest BCUT2D eigenvalue weighted by molar-refractivity contribution is 7.13. The third-order valence-electron chi connectivity index (χ3n) is 4.52. The van der Waals surface area contributed by atoms with Gasteiger partial charge in [-0.2, -0.15) is 0 Å². The van der Waals surface area contributed by atoms with E-state index in [0.29, 0.717) is 25.2 Å². The Kier molecular flexibility index (Phi) is 6.01. The highest BCUT2D eigenvalue weighted by Gasteiger charge is 2.30. The van der Waals surface area contributed by atoms with Crippen LogP contribution in [0.4, 0.5) is 5.13 Å². The van der Waals surface area contributed by atoms with Gasteiger partial charge < -0.3 is 15.3 Å². The van der Waals surface area contributed by atoms with Gasteiger partial charge in [0.15, 0.2) is 5.13 Å². The number of thiazole rings is 1. The lowest BCUT2D eigenvalue weighted by molar-refractivity contribution is 0.0391. The molecular formula is C18H24N4O2S. The minimum atomic E-state index is -0.0277. The van der Waals surface area contributed by atoms with Crippen LogP contribution in [-0.4, -0.2) is 65.1 Å². The smallest absolute Gasteiger partial charge is 0.273 e. The molecule has 1 fully saturated rings. The SMILES string of the molecule is CNc1nc(C(=O)N2CCN(Cc3ccccc3)C(CCO)C2)cs1. The molecule has 0 aliphatic carbocycles. The number of aliphatic hydroxyl groups excluding tert-OH is 1. The highest BCUT2D eigenvalue weighted by atomic mass is 32.1. The molecule has 1 aromatic carbocycles. The van der Waals surface area contributed by atoms with Crippen LogP contribution in [0.1, 0.15) is 22.5 Å². The summed E-state index contributed by atoms with van der Waals surface area (Å²) in [5, 5.41) is 14.9. The molecule has 134 valence electrons. The number of hydrogen-bond acceptors (Lipinski definition) is 6. The number of hydrogen-bond donors (Lipinski definition) is 2. The van der Waals surface area contributed by atoms with Crippen molar-refractivity contribution < 1.29 is 9.90 Å². The topological polar surface area (TPSA) is 68.7 Å². The van der Waals surface area contributed by atoms with Crippen molar-refractivity contribution in [3.05, 3.63) is 47.0 Å². The number of carbonyl (C=O) groups is 1. The summed E-state index contributed by atoms with van der Waals surface area (Å²) in [6.45, 7) is 3.07. The number of amides is 1. The molecule has 3 rings (SSSR count). The van der Waals surface area contributed by atoms with Crippen LogP contribution in [0.15, 0.2) is 35.7 Å². The Hall–Kier alpha value is -1.96. The van der Waals surface area contributed by atoms with Crippen molar-refractivity contribution in [1.29, 1.82) is 0 Å². The van der Waals surface area contributed by atoms with E-state index in [-0.39, 0.29) is 18.6 Å². The molecule has 0 spiro atoms. The quantitative estimate of drug-likeness (QED) is 0.823. The minimum absolute atomic E-state index is 0.0277. The van der Waals surface area contributed by atoms with Crippen molar-refractivity contribution in [2.45, 2.75) is 19.0 Å². The van der Waals surface area contributed by atoms with Gasteiger partial charge in [0.05, 0.1) is 0 Å². The third-order valence-corrected chi connectivity index (χ3v) is 5.38. The predicted molar refractivity (Wildman–Crippen MR) is 99.9 cm³/mol. The molecule has 6 nitrogen and oxygen atoms in total. The van der Waals surface area contributed by atoms with E-state index < -0.39 is 0 Å². The number of piperazine rings is 1. The summed E-state index contributed by atoms with van der Waals surface area (Å²) in [7, 11) is 1.80. The second-order valence-corrected chi connectivity index (χ2v) is 7.02. The van der Waals surface area contributed by atoms with E-state index in [2.05, 4.69) is 27.3 Å². The van der Waals surface area contributed by atoms with Gasteiger partial charge in [-0.1, -0.05) is 30.3 Å². The van der Waals surface area contributed by atoms with Gasteiger partial charge in [0, 0.05) is 51.3 Å². The number of rotatable bonds is 6. The van der Waals surface area contributed by atoms with E-state index in [1.54, 1.807) is 12.4 Å². The lowest BCUT2D eigenvalue weighted by atomic mass is 10.1. The summed E-state index contributed by atoms with van der Waals surface area (Å²) in [5.41, 5.74) is 1.75. The largest absolute Gasteiger partial charge is 0.396 e. The van der Waals surface area contributed by atoms with Crippen LogP contribution < -0.4 is 5.32 Å². The van der Waals surface area contributed by atoms with Crippen molar-refractivity contribution in [2.24, 2.45) is 0 Å². The maximum Gasteiger partial charge on any atom is 0.273 e. The maximum atomic E-state index is 12.7. The predicted octanol–water partition coefficient (Wildman–Crippen LogP) is 1.89. The molecule has 1 aliphatic rings. The second-order valence-electron chi connectivity index (χ2n) is 6.16. The molecule has 2 heterocycles. The maximum absolute atomic E-state index is 12.7. The summed E-state index contributed by atoms with van der Waals surface area (Å²) < 4.78 is 0. The molecule has 0 bridgehead atoms. The molecule has 1 unspecified atom stereocenters. The van der Waals surface area contributed by atoms with Gasteiger partial charge in [-0.25, -0.2) is 4.98 Å². The average molecular weight is 360 g/mol. The lowest BCUT2D eigenvalue weighted by Crippen LogP contribution is -2.54. The molecular weight excluding hydrogens is 336 g/mol. The summed E-state index contributed by atoms with van der Waals surface area (Å²) in [6.07, 6.45) is 0.662. The van der Waals surface area contributed by atoms with Crippen molar-refractivity contribution in [3.8, 4) is 0 Å². The van der Waals surface area contributed by atoms with Gasteiger partial charge in [0.25, 0.3) is 5.91 Å². The summed E-state index contributed by atoms with van der Waals surface area (Å²) >= 11 is 1.44. The van der Waals surface area contributed by atoms with Gasteiger partial charge in [0.1, 0.15) is 5.69 Å². The van der Waals surface area contributed by atoms with E-state index in [0.717, 1.165) is 18.2 Å². The van der Waals surface area contributed by atoms with Crippen LogP contribution in [0.2, 0.25) is 0 Å². The third kappa shape index (κ3) is 4.36. The highest BCUT2D eigenvalue weighted by Crippen LogP contribution is 2.20. The fourth-order valence-electron chi connectivity index (χ4n) is 3.18. The number of benzene rings is 1. The van der Waals surface area contributed by atoms with E-state index >= 15 is 0 Å². The Morgan fingerprint density at radius 1 is 1.36 bits per heavy atom. The van der Waals surface area contributed by atoms with E-state index in [1.807, 2.05) is 23.1 Å². The fourth-order valence-corrected chi connectivity index (χ4v) is 3.82. The van der Waals surface area contributed by atoms with Crippen molar-refractivity contribution in [2.75, 3.05) is 38.6 Å². The van der Waals surface area contributed by atoms with Crippen LogP contribution in [-0.2, 0) is 6.54 Å². The molecule has 2 aromatic rings. The normalized spacial score (nSPS) is 18.3. The van der Waals surface area contributed by atoms with E-state index in [9.17, 15) is 9.90 Å². The molecule has 1 atom stereocenters. The van der Waals surface area contributed by atoms with E-state index in [1.165, 1.54) is 16.9 Å². The molecule has 7 heteroatoms. The average Bonchev–Trinajstić information content (AvgIpc) is 3.13. The number of aromatic nitrogens is 1. The molecule has 0 radical (unpaired) electrons. The van der Waals surface area contributed by atoms with Crippen LogP contribution in [0.5, 0.6) is 0 Å². The molecule has 1 aromatic heterocycles. The monoisotopic (exact) mass is 360 g/mol. The van der Waals surface area contributed by atoms with Crippen molar-refractivity contribution in [3.63, 3.8) is 0 Å². The Labute approximate surface area is 152 Å². The van der Waals surface area contributed by atoms with Gasteiger partial charge in [0.2, 0.25) is 0 Å². The Balaban J connectivity index is 1.67. The van der Waals surface area contributed by atoms with Gasteiger partial charge >= 0.3 is 0 Å². The number of carbonyl (C=O) groups excluding carboxylic acids is 1. The van der Waals surface area contributed by atoms with Crippen molar-refractivity contribution >= 4 is 22.4 Å². The molecule has 2 N–H and O–H groups in total. The standard InChI is InChI=1S/C18H24N4O2S/c1-19-18-20-16(13-25-18)17(24)22-9-8-21(15(12-22)7-10-23)11-14-5-3-2-4-6-14/h2-6,13,15,23H,7-12H2,1H3,(H,19,20). The first-order chi connectivity index (χ1) is 12.2. The van der Waals surface area contributed by atoms with Crippen LogP contribution in [0, 0.1) is 0 Å². The Morgan fingerprint density at radius 2 is 2.16 bits per heavy atom. The number of nitrogens with zero attached hydrogens (tertiary/aromatic N) is 3. The second kappa shape index (κ2) is 8.42. The fraction of sp³-hybridized carbons (Fsp3) is 0.444. The van der Waals surface area contributed by atoms with E-state index in [4.69, 9.17) is 0 Å². The first-order valence-electron chi connectivity index (χ1n) is 8.52. The summed E-state index contributed by atoms with van der Waals surface area (Å²) in [4.78, 5) is 21.2. The van der Waals surface area contributed by atoms with Crippen LogP contribution in [0.25, 0.3) is 0 Å².